The van der Waals surface area contributed by atoms with E-state index in [1.807, 2.05) is 6.92 Å². The highest BCUT2D eigenvalue weighted by molar-refractivity contribution is 5.88. The van der Waals surface area contributed by atoms with E-state index in [2.05, 4.69) is 5.32 Å². The van der Waals surface area contributed by atoms with Crippen LogP contribution in [-0.4, -0.2) is 60.1 Å². The van der Waals surface area contributed by atoms with E-state index in [4.69, 9.17) is 0 Å². The lowest BCUT2D eigenvalue weighted by Crippen LogP contribution is -2.47. The standard InChI is InChI=1S/C13H25N3O4/c1-5-6-7-11(8-16(20)9-17)12(18)14-10(2)13(19)15(3)4/h9-11,20H,5-8H2,1-4H3,(H,14,18). The highest BCUT2D eigenvalue weighted by atomic mass is 16.5. The first-order chi connectivity index (χ1) is 9.33. The number of carbonyl (C=O) groups is 3. The van der Waals surface area contributed by atoms with E-state index in [9.17, 15) is 19.6 Å². The summed E-state index contributed by atoms with van der Waals surface area (Å²) in [6.45, 7) is 3.52. The van der Waals surface area contributed by atoms with Crippen LogP contribution in [0.2, 0.25) is 0 Å². The Balaban J connectivity index is 4.60. The second-order valence-electron chi connectivity index (χ2n) is 5.03. The zero-order chi connectivity index (χ0) is 15.7. The Labute approximate surface area is 119 Å². The fraction of sp³-hybridized carbons (Fsp3) is 0.769. The van der Waals surface area contributed by atoms with Gasteiger partial charge in [-0.05, 0) is 13.3 Å². The zero-order valence-electron chi connectivity index (χ0n) is 12.6. The highest BCUT2D eigenvalue weighted by Crippen LogP contribution is 2.10. The summed E-state index contributed by atoms with van der Waals surface area (Å²) in [4.78, 5) is 35.6. The number of carbonyl (C=O) groups excluding carboxylic acids is 3. The first-order valence-electron chi connectivity index (χ1n) is 6.75. The molecule has 7 heteroatoms. The molecule has 0 spiro atoms. The number of amides is 3. The molecule has 2 atom stereocenters. The molecule has 0 aromatic carbocycles. The summed E-state index contributed by atoms with van der Waals surface area (Å²) in [6, 6.07) is -0.634. The van der Waals surface area contributed by atoms with E-state index < -0.39 is 12.0 Å². The first-order valence-corrected chi connectivity index (χ1v) is 6.75. The molecule has 2 unspecified atom stereocenters. The molecule has 20 heavy (non-hydrogen) atoms. The molecule has 0 saturated carbocycles. The number of rotatable bonds is 9. The van der Waals surface area contributed by atoms with Gasteiger partial charge < -0.3 is 10.2 Å². The molecule has 2 N–H and O–H groups in total. The van der Waals surface area contributed by atoms with Crippen molar-refractivity contribution < 1.29 is 19.6 Å². The largest absolute Gasteiger partial charge is 0.347 e. The maximum absolute atomic E-state index is 12.1. The predicted molar refractivity (Wildman–Crippen MR) is 73.9 cm³/mol. The molecular formula is C13H25N3O4. The van der Waals surface area contributed by atoms with Gasteiger partial charge in [0.1, 0.15) is 6.04 Å². The van der Waals surface area contributed by atoms with Gasteiger partial charge >= 0.3 is 0 Å². The van der Waals surface area contributed by atoms with E-state index in [1.54, 1.807) is 21.0 Å². The van der Waals surface area contributed by atoms with Gasteiger partial charge in [-0.1, -0.05) is 19.8 Å². The Hall–Kier alpha value is -1.63. The van der Waals surface area contributed by atoms with E-state index in [0.717, 1.165) is 12.8 Å². The number of hydroxylamine groups is 2. The minimum Gasteiger partial charge on any atom is -0.347 e. The fourth-order valence-corrected chi connectivity index (χ4v) is 1.80. The van der Waals surface area contributed by atoms with Crippen molar-refractivity contribution in [3.63, 3.8) is 0 Å². The van der Waals surface area contributed by atoms with Crippen LogP contribution in [0, 0.1) is 5.92 Å². The third-order valence-corrected chi connectivity index (χ3v) is 2.98. The molecule has 0 radical (unpaired) electrons. The second kappa shape index (κ2) is 9.30. The Bertz CT molecular complexity index is 334. The Morgan fingerprint density at radius 3 is 2.40 bits per heavy atom. The van der Waals surface area contributed by atoms with Gasteiger partial charge in [0.05, 0.1) is 12.5 Å². The van der Waals surface area contributed by atoms with E-state index >= 15 is 0 Å². The minimum atomic E-state index is -0.634. The Morgan fingerprint density at radius 1 is 1.35 bits per heavy atom. The minimum absolute atomic E-state index is 0.0712. The monoisotopic (exact) mass is 287 g/mol. The van der Waals surface area contributed by atoms with Crippen molar-refractivity contribution in [1.29, 1.82) is 0 Å². The molecule has 0 fully saturated rings. The maximum atomic E-state index is 12.1. The highest BCUT2D eigenvalue weighted by Gasteiger charge is 2.24. The van der Waals surface area contributed by atoms with Gasteiger partial charge in [0.2, 0.25) is 18.2 Å². The first kappa shape index (κ1) is 18.4. The van der Waals surface area contributed by atoms with Crippen molar-refractivity contribution in [2.75, 3.05) is 20.6 Å². The van der Waals surface area contributed by atoms with Crippen LogP contribution in [0.3, 0.4) is 0 Å². The van der Waals surface area contributed by atoms with Gasteiger partial charge in [-0.2, -0.15) is 0 Å². The van der Waals surface area contributed by atoms with Crippen LogP contribution in [0.15, 0.2) is 0 Å². The van der Waals surface area contributed by atoms with E-state index in [0.29, 0.717) is 11.5 Å². The number of unbranched alkanes of at least 4 members (excludes halogenated alkanes) is 1. The average molecular weight is 287 g/mol. The van der Waals surface area contributed by atoms with Crippen LogP contribution in [0.4, 0.5) is 0 Å². The molecule has 7 nitrogen and oxygen atoms in total. The van der Waals surface area contributed by atoms with Crippen LogP contribution < -0.4 is 5.32 Å². The summed E-state index contributed by atoms with van der Waals surface area (Å²) >= 11 is 0. The Morgan fingerprint density at radius 2 is 1.95 bits per heavy atom. The van der Waals surface area contributed by atoms with Gasteiger partial charge in [0.25, 0.3) is 0 Å². The molecule has 116 valence electrons. The lowest BCUT2D eigenvalue weighted by atomic mass is 10.0. The Kier molecular flexibility index (Phi) is 8.54. The maximum Gasteiger partial charge on any atom is 0.244 e. The summed E-state index contributed by atoms with van der Waals surface area (Å²) in [5.41, 5.74) is 0. The summed E-state index contributed by atoms with van der Waals surface area (Å²) in [6.07, 6.45) is 2.53. The smallest absolute Gasteiger partial charge is 0.244 e. The fourth-order valence-electron chi connectivity index (χ4n) is 1.80. The second-order valence-corrected chi connectivity index (χ2v) is 5.03. The molecule has 3 amide bonds. The van der Waals surface area contributed by atoms with Crippen molar-refractivity contribution >= 4 is 18.2 Å². The molecule has 0 aliphatic rings. The van der Waals surface area contributed by atoms with Crippen LogP contribution in [0.25, 0.3) is 0 Å². The third kappa shape index (κ3) is 6.51. The van der Waals surface area contributed by atoms with Gasteiger partial charge in [-0.3, -0.25) is 19.6 Å². The number of hydrogen-bond donors (Lipinski definition) is 2. The number of likely N-dealkylation sites (N-methyl/N-ethyl adjacent to an activating group) is 1. The van der Waals surface area contributed by atoms with Crippen molar-refractivity contribution in [2.45, 2.75) is 39.2 Å². The molecule has 0 aromatic rings. The van der Waals surface area contributed by atoms with Gasteiger partial charge in [-0.15, -0.1) is 0 Å². The molecular weight excluding hydrogens is 262 g/mol. The van der Waals surface area contributed by atoms with Gasteiger partial charge in [-0.25, -0.2) is 5.06 Å². The molecule has 0 saturated heterocycles. The predicted octanol–water partition coefficient (Wildman–Crippen LogP) is 0.233. The topological polar surface area (TPSA) is 90.0 Å². The number of nitrogens with zero attached hydrogens (tertiary/aromatic N) is 2. The lowest BCUT2D eigenvalue weighted by Gasteiger charge is -2.23. The van der Waals surface area contributed by atoms with Gasteiger partial charge in [0.15, 0.2) is 0 Å². The number of hydrogen-bond acceptors (Lipinski definition) is 4. The van der Waals surface area contributed by atoms with Crippen molar-refractivity contribution in [2.24, 2.45) is 5.92 Å². The summed E-state index contributed by atoms with van der Waals surface area (Å²) in [5.74, 6) is -1.06. The van der Waals surface area contributed by atoms with Crippen LogP contribution in [0.5, 0.6) is 0 Å². The van der Waals surface area contributed by atoms with Crippen LogP contribution in [0.1, 0.15) is 33.1 Å². The average Bonchev–Trinajstić information content (AvgIpc) is 2.41. The van der Waals surface area contributed by atoms with Crippen molar-refractivity contribution in [3.05, 3.63) is 0 Å². The summed E-state index contributed by atoms with van der Waals surface area (Å²) < 4.78 is 0. The number of nitrogens with one attached hydrogen (secondary N) is 1. The quantitative estimate of drug-likeness (QED) is 0.361. The van der Waals surface area contributed by atoms with E-state index in [-0.39, 0.29) is 24.8 Å². The SMILES string of the molecule is CCCCC(CN(O)C=O)C(=O)NC(C)C(=O)N(C)C. The molecule has 0 aliphatic heterocycles. The van der Waals surface area contributed by atoms with Crippen LogP contribution in [-0.2, 0) is 14.4 Å². The molecule has 0 aromatic heterocycles. The lowest BCUT2D eigenvalue weighted by molar-refractivity contribution is -0.155. The molecule has 0 bridgehead atoms. The van der Waals surface area contributed by atoms with Crippen molar-refractivity contribution in [3.8, 4) is 0 Å². The summed E-state index contributed by atoms with van der Waals surface area (Å²) in [7, 11) is 3.23. The zero-order valence-corrected chi connectivity index (χ0v) is 12.6. The van der Waals surface area contributed by atoms with Gasteiger partial charge in [0, 0.05) is 14.1 Å². The summed E-state index contributed by atoms with van der Waals surface area (Å²) in [5, 5.41) is 12.3. The van der Waals surface area contributed by atoms with Crippen LogP contribution >= 0.6 is 0 Å². The molecule has 0 heterocycles. The molecule has 0 aliphatic carbocycles. The molecule has 0 rings (SSSR count). The van der Waals surface area contributed by atoms with E-state index in [1.165, 1.54) is 4.90 Å². The van der Waals surface area contributed by atoms with Crippen molar-refractivity contribution in [1.82, 2.24) is 15.3 Å². The third-order valence-electron chi connectivity index (χ3n) is 2.98. The normalized spacial score (nSPS) is 13.2.